The van der Waals surface area contributed by atoms with Crippen molar-refractivity contribution in [3.63, 3.8) is 0 Å². The van der Waals surface area contributed by atoms with Crippen LogP contribution in [0.3, 0.4) is 0 Å². The molecule has 0 bridgehead atoms. The minimum Gasteiger partial charge on any atom is -0.466 e. The largest absolute Gasteiger partial charge is 0.466 e. The predicted octanol–water partition coefficient (Wildman–Crippen LogP) is 3.66. The van der Waals surface area contributed by atoms with Gasteiger partial charge in [-0.15, -0.1) is 0 Å². The second-order valence-corrected chi connectivity index (χ2v) is 8.37. The Bertz CT molecular complexity index is 594. The highest BCUT2D eigenvalue weighted by Crippen LogP contribution is 2.41. The summed E-state index contributed by atoms with van der Waals surface area (Å²) in [7, 11) is 0. The van der Waals surface area contributed by atoms with Crippen LogP contribution in [0.5, 0.6) is 5.19 Å². The fourth-order valence-corrected chi connectivity index (χ4v) is 3.74. The van der Waals surface area contributed by atoms with Crippen LogP contribution < -0.4 is 4.74 Å². The second kappa shape index (κ2) is 6.13. The molecular weight excluding hydrogens is 338 g/mol. The number of amides is 1. The van der Waals surface area contributed by atoms with Gasteiger partial charge in [0.05, 0.1) is 5.69 Å². The molecule has 8 heteroatoms. The Morgan fingerprint density at radius 1 is 1.29 bits per heavy atom. The van der Waals surface area contributed by atoms with E-state index in [4.69, 9.17) is 9.47 Å². The number of ether oxygens (including phenoxy) is 2. The van der Waals surface area contributed by atoms with E-state index in [-0.39, 0.29) is 18.9 Å². The second-order valence-electron chi connectivity index (χ2n) is 7.32. The van der Waals surface area contributed by atoms with Crippen LogP contribution in [0.15, 0.2) is 0 Å². The van der Waals surface area contributed by atoms with E-state index in [9.17, 15) is 13.6 Å². The Morgan fingerprint density at radius 2 is 1.96 bits per heavy atom. The van der Waals surface area contributed by atoms with Crippen molar-refractivity contribution in [2.45, 2.75) is 64.1 Å². The van der Waals surface area contributed by atoms with E-state index in [2.05, 4.69) is 4.98 Å². The van der Waals surface area contributed by atoms with Crippen LogP contribution in [0, 0.1) is 0 Å². The summed E-state index contributed by atoms with van der Waals surface area (Å²) >= 11 is 1.40. The summed E-state index contributed by atoms with van der Waals surface area (Å²) in [5, 5.41) is 0.464. The third-order valence-electron chi connectivity index (χ3n) is 3.96. The highest BCUT2D eigenvalue weighted by molar-refractivity contribution is 7.13. The maximum absolute atomic E-state index is 12.9. The monoisotopic (exact) mass is 360 g/mol. The highest BCUT2D eigenvalue weighted by atomic mass is 32.1. The number of hydrogen-bond donors (Lipinski definition) is 0. The van der Waals surface area contributed by atoms with E-state index in [0.717, 1.165) is 10.6 Å². The SMILES string of the molecule is CC(C)(C)OC(=O)N1CCc2nc(OC3CC(F)(F)C3)sc2CC1. The smallest absolute Gasteiger partial charge is 0.410 e. The van der Waals surface area contributed by atoms with Gasteiger partial charge in [0.25, 0.3) is 11.1 Å². The first-order valence-corrected chi connectivity index (χ1v) is 8.94. The standard InChI is InChI=1S/C16H22F2N2O3S/c1-15(2,3)23-14(21)20-6-4-11-12(5-7-20)24-13(19-11)22-10-8-16(17,18)9-10/h10H,4-9H2,1-3H3. The van der Waals surface area contributed by atoms with Gasteiger partial charge in [0, 0.05) is 43.6 Å². The summed E-state index contributed by atoms with van der Waals surface area (Å²) in [4.78, 5) is 19.3. The molecule has 0 unspecified atom stereocenters. The van der Waals surface area contributed by atoms with Gasteiger partial charge in [-0.05, 0) is 20.8 Å². The molecule has 3 rings (SSSR count). The molecule has 1 aromatic rings. The average molecular weight is 360 g/mol. The third kappa shape index (κ3) is 4.15. The molecule has 0 radical (unpaired) electrons. The number of aromatic nitrogens is 1. The van der Waals surface area contributed by atoms with E-state index in [1.54, 1.807) is 4.90 Å². The van der Waals surface area contributed by atoms with E-state index in [1.807, 2.05) is 20.8 Å². The zero-order chi connectivity index (χ0) is 17.5. The van der Waals surface area contributed by atoms with Gasteiger partial charge in [0.1, 0.15) is 11.7 Å². The molecule has 0 spiro atoms. The van der Waals surface area contributed by atoms with Crippen molar-refractivity contribution in [3.05, 3.63) is 10.6 Å². The van der Waals surface area contributed by atoms with E-state index >= 15 is 0 Å². The van der Waals surface area contributed by atoms with Crippen molar-refractivity contribution >= 4 is 17.4 Å². The third-order valence-corrected chi connectivity index (χ3v) is 5.01. The maximum Gasteiger partial charge on any atom is 0.410 e. The Hall–Kier alpha value is -1.44. The summed E-state index contributed by atoms with van der Waals surface area (Å²) in [5.41, 5.74) is 0.380. The van der Waals surface area contributed by atoms with Crippen molar-refractivity contribution in [1.82, 2.24) is 9.88 Å². The zero-order valence-electron chi connectivity index (χ0n) is 14.1. The lowest BCUT2D eigenvalue weighted by Crippen LogP contribution is -2.43. The normalized spacial score (nSPS) is 20.8. The average Bonchev–Trinajstić information content (AvgIpc) is 2.66. The van der Waals surface area contributed by atoms with Gasteiger partial charge in [0.15, 0.2) is 0 Å². The molecule has 2 aliphatic rings. The van der Waals surface area contributed by atoms with Gasteiger partial charge in [0.2, 0.25) is 0 Å². The summed E-state index contributed by atoms with van der Waals surface area (Å²) in [6.07, 6.45) is 0.0813. The van der Waals surface area contributed by atoms with Crippen molar-refractivity contribution in [2.24, 2.45) is 0 Å². The summed E-state index contributed by atoms with van der Waals surface area (Å²) < 4.78 is 36.7. The van der Waals surface area contributed by atoms with E-state index in [1.165, 1.54) is 11.3 Å². The van der Waals surface area contributed by atoms with Crippen molar-refractivity contribution in [3.8, 4) is 5.19 Å². The lowest BCUT2D eigenvalue weighted by Gasteiger charge is -2.33. The maximum atomic E-state index is 12.9. The lowest BCUT2D eigenvalue weighted by atomic mass is 9.91. The lowest BCUT2D eigenvalue weighted by molar-refractivity contribution is -0.134. The minimum atomic E-state index is -2.59. The number of carbonyl (C=O) groups is 1. The molecule has 0 aromatic carbocycles. The summed E-state index contributed by atoms with van der Waals surface area (Å²) in [5.74, 6) is -2.59. The molecular formula is C16H22F2N2O3S. The summed E-state index contributed by atoms with van der Waals surface area (Å²) in [6.45, 7) is 6.62. The molecule has 2 heterocycles. The van der Waals surface area contributed by atoms with Crippen LogP contribution in [0.2, 0.25) is 0 Å². The van der Waals surface area contributed by atoms with E-state index in [0.29, 0.717) is 31.1 Å². The van der Waals surface area contributed by atoms with Crippen molar-refractivity contribution in [1.29, 1.82) is 0 Å². The fourth-order valence-electron chi connectivity index (χ4n) is 2.73. The molecule has 0 saturated heterocycles. The predicted molar refractivity (Wildman–Crippen MR) is 85.9 cm³/mol. The fraction of sp³-hybridized carbons (Fsp3) is 0.750. The highest BCUT2D eigenvalue weighted by Gasteiger charge is 2.47. The van der Waals surface area contributed by atoms with Gasteiger partial charge < -0.3 is 14.4 Å². The minimum absolute atomic E-state index is 0.232. The van der Waals surface area contributed by atoms with Gasteiger partial charge in [-0.25, -0.2) is 18.6 Å². The molecule has 134 valence electrons. The molecule has 1 fully saturated rings. The number of halogens is 2. The molecule has 1 aromatic heterocycles. The zero-order valence-corrected chi connectivity index (χ0v) is 14.9. The number of thiazole rings is 1. The van der Waals surface area contributed by atoms with Crippen LogP contribution in [-0.4, -0.2) is 46.7 Å². The van der Waals surface area contributed by atoms with Crippen LogP contribution in [0.1, 0.15) is 44.2 Å². The van der Waals surface area contributed by atoms with Crippen LogP contribution in [0.4, 0.5) is 13.6 Å². The Labute approximate surface area is 144 Å². The Kier molecular flexibility index (Phi) is 4.44. The van der Waals surface area contributed by atoms with Crippen LogP contribution in [-0.2, 0) is 17.6 Å². The quantitative estimate of drug-likeness (QED) is 0.808. The molecule has 1 aliphatic heterocycles. The summed E-state index contributed by atoms with van der Waals surface area (Å²) in [6, 6.07) is 0. The van der Waals surface area contributed by atoms with Gasteiger partial charge in [-0.2, -0.15) is 0 Å². The Balaban J connectivity index is 1.56. The van der Waals surface area contributed by atoms with Gasteiger partial charge in [-0.1, -0.05) is 11.3 Å². The Morgan fingerprint density at radius 3 is 2.58 bits per heavy atom. The topological polar surface area (TPSA) is 51.7 Å². The number of hydrogen-bond acceptors (Lipinski definition) is 5. The van der Waals surface area contributed by atoms with Crippen molar-refractivity contribution < 1.29 is 23.0 Å². The molecule has 1 amide bonds. The molecule has 1 aliphatic carbocycles. The molecule has 0 N–H and O–H groups in total. The number of carbonyl (C=O) groups excluding carboxylic acids is 1. The molecule has 5 nitrogen and oxygen atoms in total. The van der Waals surface area contributed by atoms with Gasteiger partial charge >= 0.3 is 6.09 Å². The number of rotatable bonds is 2. The van der Waals surface area contributed by atoms with E-state index < -0.39 is 17.6 Å². The number of fused-ring (bicyclic) bond motifs is 1. The van der Waals surface area contributed by atoms with Crippen molar-refractivity contribution in [2.75, 3.05) is 13.1 Å². The van der Waals surface area contributed by atoms with Gasteiger partial charge in [-0.3, -0.25) is 0 Å². The first-order chi connectivity index (χ1) is 11.1. The molecule has 24 heavy (non-hydrogen) atoms. The first kappa shape index (κ1) is 17.4. The van der Waals surface area contributed by atoms with Crippen LogP contribution in [0.25, 0.3) is 0 Å². The number of alkyl halides is 2. The first-order valence-electron chi connectivity index (χ1n) is 8.12. The van der Waals surface area contributed by atoms with Crippen LogP contribution >= 0.6 is 11.3 Å². The molecule has 0 atom stereocenters. The number of nitrogens with zero attached hydrogens (tertiary/aromatic N) is 2. The molecule has 1 saturated carbocycles.